The minimum atomic E-state index is -6.13. The van der Waals surface area contributed by atoms with E-state index in [1.165, 1.54) is 6.07 Å². The van der Waals surface area contributed by atoms with Crippen molar-refractivity contribution in [2.45, 2.75) is 56.0 Å². The molecule has 0 fully saturated rings. The third-order valence-corrected chi connectivity index (χ3v) is 11.7. The zero-order valence-electron chi connectivity index (χ0n) is 37.3. The number of hydrogen-bond acceptors (Lipinski definition) is 2. The van der Waals surface area contributed by atoms with Crippen LogP contribution in [-0.2, 0) is 56.0 Å². The predicted octanol–water partition coefficient (Wildman–Crippen LogP) is 14.3. The summed E-state index contributed by atoms with van der Waals surface area (Å²) in [6.07, 6.45) is -51.0. The van der Waals surface area contributed by atoms with Crippen LogP contribution in [0.4, 0.5) is 111 Å². The van der Waals surface area contributed by atoms with E-state index in [0.717, 1.165) is 10.9 Å². The fourth-order valence-corrected chi connectivity index (χ4v) is 8.36. The molecule has 1 aromatic heterocycles. The molecule has 0 saturated carbocycles. The Bertz CT molecular complexity index is 2880. The summed E-state index contributed by atoms with van der Waals surface area (Å²) in [5, 5.41) is 12.6. The van der Waals surface area contributed by atoms with Gasteiger partial charge in [0.25, 0.3) is 5.69 Å². The number of nitrogens with zero attached hydrogens (tertiary/aromatic N) is 2. The molecule has 4 nitrogen and oxygen atoms in total. The predicted molar refractivity (Wildman–Crippen MR) is 226 cm³/mol. The highest BCUT2D eigenvalue weighted by molar-refractivity contribution is 7.20. The Hall–Kier alpha value is -7.49. The van der Waals surface area contributed by atoms with E-state index in [4.69, 9.17) is 0 Å². The molecular weight excluding hydrogens is 1100 g/mol. The van der Waals surface area contributed by atoms with E-state index in [2.05, 4.69) is 0 Å². The van der Waals surface area contributed by atoms with E-state index in [0.29, 0.717) is 11.9 Å². The number of aromatic nitrogens is 1. The lowest BCUT2D eigenvalue weighted by Gasteiger charge is -2.46. The Morgan fingerprint density at radius 2 is 0.662 bits per heavy atom. The molecule has 29 heteroatoms. The highest BCUT2D eigenvalue weighted by Gasteiger charge is 2.47. The Morgan fingerprint density at radius 1 is 0.377 bits per heavy atom. The van der Waals surface area contributed by atoms with Gasteiger partial charge in [-0.1, -0.05) is 91.0 Å². The van der Waals surface area contributed by atoms with Crippen LogP contribution < -0.4 is 26.4 Å². The normalized spacial score (nSPS) is 13.4. The van der Waals surface area contributed by atoms with E-state index in [1.54, 1.807) is 6.07 Å². The Labute approximate surface area is 414 Å². The van der Waals surface area contributed by atoms with Crippen molar-refractivity contribution in [3.63, 3.8) is 0 Å². The summed E-state index contributed by atoms with van der Waals surface area (Å²) >= 11 is 0. The third-order valence-electron chi connectivity index (χ3n) is 11.7. The first-order chi connectivity index (χ1) is 35.0. The highest BCUT2D eigenvalue weighted by atomic mass is 19.4. The first-order valence-electron chi connectivity index (χ1n) is 21.0. The lowest BCUT2D eigenvalue weighted by atomic mass is 9.12. The summed E-state index contributed by atoms with van der Waals surface area (Å²) in [5.74, 6) is 0. The summed E-state index contributed by atoms with van der Waals surface area (Å²) in [4.78, 5) is 10.7. The molecule has 6 aromatic carbocycles. The van der Waals surface area contributed by atoms with E-state index >= 15 is 0 Å². The number of rotatable bonds is 7. The molecule has 1 heterocycles. The SMILES string of the molecule is FC(F)(F)c1cc([B-](c2cc(C(F)(F)F)cc(C(F)(F)F)c2)(c2cc(C(F)(F)F)cc(C(F)(F)F)c2)c2cc(C(F)(F)F)cc(C(F)(F)F)c2)cc(C(F)(F)F)c1.O=[N+]([O-])c1cccc2cc[n+](Cc3ccccc3)cc12. The molecule has 0 radical (unpaired) electrons. The molecule has 77 heavy (non-hydrogen) atoms. The Kier molecular flexibility index (Phi) is 15.4. The van der Waals surface area contributed by atoms with Gasteiger partial charge in [0.15, 0.2) is 18.9 Å². The van der Waals surface area contributed by atoms with Crippen LogP contribution in [0.25, 0.3) is 10.8 Å². The zero-order valence-corrected chi connectivity index (χ0v) is 37.3. The van der Waals surface area contributed by atoms with Gasteiger partial charge in [0.1, 0.15) is 11.5 Å². The van der Waals surface area contributed by atoms with E-state index < -0.39 is 195 Å². The summed E-state index contributed by atoms with van der Waals surface area (Å²) in [6.45, 7) is 0.697. The second-order valence-electron chi connectivity index (χ2n) is 16.9. The average molecular weight is 1130 g/mol. The standard InChI is InChI=1S/C32H12BF24.C16H13N2O2/c34-25(35,36)13-1-14(26(37,38)39)6-21(5-13)33(22-7-15(27(40,41)42)2-16(8-22)28(43,44)45,23-9-17(29(46,47)48)3-18(10-23)30(49,50)51)24-11-19(31(52,53)54)4-20(12-24)32(55,56)57;19-18(20)16-8-4-7-14-9-10-17(12-15(14)16)11-13-5-2-1-3-6-13/h1-12H;1-10,12H,11H2/q-1;+1. The smallest absolute Gasteiger partial charge is 0.258 e. The summed E-state index contributed by atoms with van der Waals surface area (Å²) in [7, 11) is 0. The number of nitro groups is 1. The lowest BCUT2D eigenvalue weighted by molar-refractivity contribution is -0.687. The molecule has 0 unspecified atom stereocenters. The van der Waals surface area contributed by atoms with Gasteiger partial charge in [0, 0.05) is 23.1 Å². The number of non-ortho nitro benzene ring substituents is 1. The molecule has 0 aliphatic carbocycles. The number of nitro benzene ring substituents is 1. The van der Waals surface area contributed by atoms with Crippen LogP contribution in [0.2, 0.25) is 0 Å². The highest BCUT2D eigenvalue weighted by Crippen LogP contribution is 2.41. The number of fused-ring (bicyclic) bond motifs is 1. The Balaban J connectivity index is 0.000000397. The molecule has 0 aliphatic heterocycles. The first-order valence-corrected chi connectivity index (χ1v) is 21.0. The van der Waals surface area contributed by atoms with Crippen LogP contribution in [0.15, 0.2) is 140 Å². The van der Waals surface area contributed by atoms with Gasteiger partial charge in [-0.25, -0.2) is 0 Å². The van der Waals surface area contributed by atoms with E-state index in [1.807, 2.05) is 59.4 Å². The second-order valence-corrected chi connectivity index (χ2v) is 16.9. The quantitative estimate of drug-likeness (QED) is 0.0525. The average Bonchev–Trinajstić information content (AvgIpc) is 3.29. The van der Waals surface area contributed by atoms with Crippen LogP contribution in [0.3, 0.4) is 0 Å². The number of benzene rings is 6. The van der Waals surface area contributed by atoms with Crippen LogP contribution in [0.5, 0.6) is 0 Å². The van der Waals surface area contributed by atoms with Gasteiger partial charge in [-0.2, -0.15) is 132 Å². The topological polar surface area (TPSA) is 47.0 Å². The minimum Gasteiger partial charge on any atom is -0.258 e. The van der Waals surface area contributed by atoms with Crippen LogP contribution in [-0.4, -0.2) is 11.1 Å². The van der Waals surface area contributed by atoms with Crippen molar-refractivity contribution in [1.29, 1.82) is 0 Å². The van der Waals surface area contributed by atoms with Gasteiger partial charge in [-0.15, -0.1) is 0 Å². The summed E-state index contributed by atoms with van der Waals surface area (Å²) < 4.78 is 343. The maximum Gasteiger partial charge on any atom is 0.416 e. The van der Waals surface area contributed by atoms with E-state index in [-0.39, 0.29) is 10.6 Å². The fourth-order valence-electron chi connectivity index (χ4n) is 8.36. The number of alkyl halides is 24. The Morgan fingerprint density at radius 3 is 0.922 bits per heavy atom. The van der Waals surface area contributed by atoms with Gasteiger partial charge in [0.05, 0.1) is 49.4 Å². The molecular formula is C48H25BF24N2O2. The maximum atomic E-state index is 14.2. The first kappa shape index (κ1) is 58.8. The molecule has 7 aromatic rings. The van der Waals surface area contributed by atoms with Crippen molar-refractivity contribution in [3.8, 4) is 0 Å². The minimum absolute atomic E-state index is 0.143. The molecule has 0 atom stereocenters. The van der Waals surface area contributed by atoms with Gasteiger partial charge in [-0.05, 0) is 24.3 Å². The number of halogens is 24. The van der Waals surface area contributed by atoms with Gasteiger partial charge >= 0.3 is 49.4 Å². The van der Waals surface area contributed by atoms with Gasteiger partial charge < -0.3 is 0 Å². The molecule has 0 spiro atoms. The third kappa shape index (κ3) is 13.2. The molecule has 0 saturated heterocycles. The number of hydrogen-bond donors (Lipinski definition) is 0. The van der Waals surface area contributed by atoms with Crippen molar-refractivity contribution < 1.29 is 115 Å². The molecule has 0 N–H and O–H groups in total. The zero-order chi connectivity index (χ0) is 57.9. The van der Waals surface area contributed by atoms with Gasteiger partial charge in [0.2, 0.25) is 0 Å². The molecule has 0 aliphatic rings. The van der Waals surface area contributed by atoms with Crippen molar-refractivity contribution in [3.05, 3.63) is 200 Å². The molecule has 0 bridgehead atoms. The van der Waals surface area contributed by atoms with Crippen molar-refractivity contribution >= 4 is 44.5 Å². The molecule has 7 rings (SSSR count). The number of pyridine rings is 1. The van der Waals surface area contributed by atoms with Crippen LogP contribution in [0.1, 0.15) is 50.1 Å². The molecule has 410 valence electrons. The van der Waals surface area contributed by atoms with Crippen LogP contribution >= 0.6 is 0 Å². The van der Waals surface area contributed by atoms with Crippen molar-refractivity contribution in [2.75, 3.05) is 0 Å². The van der Waals surface area contributed by atoms with Gasteiger partial charge in [-0.3, -0.25) is 10.1 Å². The lowest BCUT2D eigenvalue weighted by Crippen LogP contribution is -2.75. The monoisotopic (exact) mass is 1130 g/mol. The largest absolute Gasteiger partial charge is 0.416 e. The van der Waals surface area contributed by atoms with Crippen molar-refractivity contribution in [2.24, 2.45) is 0 Å². The fraction of sp³-hybridized carbons (Fsp3) is 0.188. The molecule has 0 amide bonds. The maximum absolute atomic E-state index is 14.2. The summed E-state index contributed by atoms with van der Waals surface area (Å²) in [5.41, 5.74) is -28.9. The van der Waals surface area contributed by atoms with Crippen molar-refractivity contribution in [1.82, 2.24) is 0 Å². The second kappa shape index (κ2) is 20.1. The van der Waals surface area contributed by atoms with E-state index in [9.17, 15) is 115 Å². The summed E-state index contributed by atoms with van der Waals surface area (Å²) in [6, 6.07) is 8.25. The van der Waals surface area contributed by atoms with Crippen LogP contribution in [0, 0.1) is 10.1 Å².